The molecule has 0 radical (unpaired) electrons. The number of benzene rings is 1. The van der Waals surface area contributed by atoms with Crippen molar-refractivity contribution >= 4 is 43.5 Å². The molecule has 116 valence electrons. The molecule has 1 heterocycles. The number of halogens is 2. The number of amides is 1. The van der Waals surface area contributed by atoms with Gasteiger partial charge < -0.3 is 4.90 Å². The molecule has 1 aromatic rings. The molecule has 0 aromatic heterocycles. The average Bonchev–Trinajstić information content (AvgIpc) is 2.40. The van der Waals surface area contributed by atoms with Crippen molar-refractivity contribution in [1.82, 2.24) is 4.90 Å². The summed E-state index contributed by atoms with van der Waals surface area (Å²) in [6.07, 6.45) is 1.86. The van der Waals surface area contributed by atoms with Gasteiger partial charge in [-0.15, -0.1) is 0 Å². The van der Waals surface area contributed by atoms with E-state index in [1.54, 1.807) is 4.90 Å². The lowest BCUT2D eigenvalue weighted by atomic mass is 9.98. The van der Waals surface area contributed by atoms with E-state index in [0.29, 0.717) is 23.5 Å². The molecule has 2 N–H and O–H groups in total. The summed E-state index contributed by atoms with van der Waals surface area (Å²) in [7, 11) is -3.98. The number of primary sulfonamides is 1. The van der Waals surface area contributed by atoms with Crippen molar-refractivity contribution in [2.75, 3.05) is 13.1 Å². The summed E-state index contributed by atoms with van der Waals surface area (Å²) in [6, 6.07) is 2.82. The lowest BCUT2D eigenvalue weighted by molar-refractivity contribution is 0.0697. The molecule has 1 amide bonds. The van der Waals surface area contributed by atoms with Gasteiger partial charge in [-0.3, -0.25) is 4.79 Å². The lowest BCUT2D eigenvalue weighted by Crippen LogP contribution is -2.38. The van der Waals surface area contributed by atoms with Gasteiger partial charge in [0, 0.05) is 17.6 Å². The molecule has 8 heteroatoms. The standard InChI is InChI=1S/C13H16BrClN2O3S/c1-8-2-4-17(5-3-8)13(18)10-6-9(14)7-11(12(10)15)21(16,19)20/h6-8H,2-5H2,1H3,(H2,16,19,20). The van der Waals surface area contributed by atoms with E-state index in [1.165, 1.54) is 12.1 Å². The summed E-state index contributed by atoms with van der Waals surface area (Å²) in [4.78, 5) is 14.0. The van der Waals surface area contributed by atoms with Crippen molar-refractivity contribution in [3.05, 3.63) is 27.2 Å². The average molecular weight is 396 g/mol. The summed E-state index contributed by atoms with van der Waals surface area (Å²) in [5.74, 6) is 0.324. The Morgan fingerprint density at radius 1 is 1.38 bits per heavy atom. The van der Waals surface area contributed by atoms with Crippen LogP contribution < -0.4 is 5.14 Å². The van der Waals surface area contributed by atoms with E-state index in [1.807, 2.05) is 0 Å². The van der Waals surface area contributed by atoms with Gasteiger partial charge in [-0.2, -0.15) is 0 Å². The second kappa shape index (κ2) is 6.24. The first-order valence-electron chi connectivity index (χ1n) is 6.51. The largest absolute Gasteiger partial charge is 0.339 e. The smallest absolute Gasteiger partial charge is 0.255 e. The van der Waals surface area contributed by atoms with Crippen LogP contribution in [0.25, 0.3) is 0 Å². The predicted octanol–water partition coefficient (Wildman–Crippen LogP) is 2.62. The minimum Gasteiger partial charge on any atom is -0.339 e. The number of rotatable bonds is 2. The number of nitrogens with zero attached hydrogens (tertiary/aromatic N) is 1. The van der Waals surface area contributed by atoms with Crippen molar-refractivity contribution in [3.63, 3.8) is 0 Å². The zero-order chi connectivity index (χ0) is 15.8. The van der Waals surface area contributed by atoms with E-state index in [2.05, 4.69) is 22.9 Å². The van der Waals surface area contributed by atoms with Gasteiger partial charge in [0.1, 0.15) is 4.90 Å². The molecule has 1 saturated heterocycles. The molecule has 1 aliphatic rings. The molecule has 0 saturated carbocycles. The van der Waals surface area contributed by atoms with Crippen molar-refractivity contribution < 1.29 is 13.2 Å². The SMILES string of the molecule is CC1CCN(C(=O)c2cc(Br)cc(S(N)(=O)=O)c2Cl)CC1. The number of carbonyl (C=O) groups is 1. The Hall–Kier alpha value is -0.630. The van der Waals surface area contributed by atoms with Gasteiger partial charge in [-0.1, -0.05) is 34.5 Å². The zero-order valence-corrected chi connectivity index (χ0v) is 14.6. The van der Waals surface area contributed by atoms with E-state index >= 15 is 0 Å². The number of carbonyl (C=O) groups excluding carboxylic acids is 1. The molecule has 1 aromatic carbocycles. The van der Waals surface area contributed by atoms with Gasteiger partial charge in [0.2, 0.25) is 10.0 Å². The van der Waals surface area contributed by atoms with Crippen LogP contribution in [0.5, 0.6) is 0 Å². The predicted molar refractivity (Wildman–Crippen MR) is 84.8 cm³/mol. The number of hydrogen-bond acceptors (Lipinski definition) is 3. The molecule has 1 fully saturated rings. The van der Waals surface area contributed by atoms with Gasteiger partial charge >= 0.3 is 0 Å². The van der Waals surface area contributed by atoms with Crippen LogP contribution >= 0.6 is 27.5 Å². The van der Waals surface area contributed by atoms with Crippen molar-refractivity contribution in [2.45, 2.75) is 24.7 Å². The summed E-state index contributed by atoms with van der Waals surface area (Å²) in [5.41, 5.74) is 0.157. The van der Waals surface area contributed by atoms with Gasteiger partial charge in [-0.05, 0) is 30.9 Å². The zero-order valence-electron chi connectivity index (χ0n) is 11.5. The molecule has 21 heavy (non-hydrogen) atoms. The van der Waals surface area contributed by atoms with Gasteiger partial charge in [0.15, 0.2) is 0 Å². The molecule has 0 spiro atoms. The molecule has 0 aliphatic carbocycles. The summed E-state index contributed by atoms with van der Waals surface area (Å²) in [6.45, 7) is 3.44. The minimum absolute atomic E-state index is 0.121. The van der Waals surface area contributed by atoms with Crippen molar-refractivity contribution in [1.29, 1.82) is 0 Å². The summed E-state index contributed by atoms with van der Waals surface area (Å²) < 4.78 is 23.5. The summed E-state index contributed by atoms with van der Waals surface area (Å²) in [5, 5.41) is 5.01. The maximum Gasteiger partial charge on any atom is 0.255 e. The fourth-order valence-electron chi connectivity index (χ4n) is 2.31. The first kappa shape index (κ1) is 16.7. The fourth-order valence-corrected chi connectivity index (χ4v) is 4.08. The van der Waals surface area contributed by atoms with Crippen molar-refractivity contribution in [2.24, 2.45) is 11.1 Å². The highest BCUT2D eigenvalue weighted by Gasteiger charge is 2.26. The number of piperidine rings is 1. The Balaban J connectivity index is 2.40. The molecule has 1 aliphatic heterocycles. The normalized spacial score (nSPS) is 17.0. The Kier molecular flexibility index (Phi) is 4.97. The number of hydrogen-bond donors (Lipinski definition) is 1. The van der Waals surface area contributed by atoms with Crippen LogP contribution in [0, 0.1) is 5.92 Å². The third-order valence-electron chi connectivity index (χ3n) is 3.61. The van der Waals surface area contributed by atoms with Crippen molar-refractivity contribution in [3.8, 4) is 0 Å². The molecule has 5 nitrogen and oxygen atoms in total. The van der Waals surface area contributed by atoms with Crippen LogP contribution in [0.1, 0.15) is 30.1 Å². The fraction of sp³-hybridized carbons (Fsp3) is 0.462. The minimum atomic E-state index is -3.98. The maximum atomic E-state index is 12.5. The maximum absolute atomic E-state index is 12.5. The lowest BCUT2D eigenvalue weighted by Gasteiger charge is -2.30. The Labute approximate surface area is 137 Å². The van der Waals surface area contributed by atoms with E-state index in [9.17, 15) is 13.2 Å². The second-order valence-corrected chi connectivity index (χ2v) is 8.11. The highest BCUT2D eigenvalue weighted by molar-refractivity contribution is 9.10. The van der Waals surface area contributed by atoms with E-state index < -0.39 is 10.0 Å². The van der Waals surface area contributed by atoms with E-state index in [4.69, 9.17) is 16.7 Å². The molecule has 0 bridgehead atoms. The van der Waals surface area contributed by atoms with E-state index in [-0.39, 0.29) is 21.4 Å². The highest BCUT2D eigenvalue weighted by atomic mass is 79.9. The third-order valence-corrected chi connectivity index (χ3v) is 5.52. The topological polar surface area (TPSA) is 80.5 Å². The van der Waals surface area contributed by atoms with Crippen LogP contribution in [0.2, 0.25) is 5.02 Å². The van der Waals surface area contributed by atoms with Crippen LogP contribution in [-0.4, -0.2) is 32.3 Å². The number of likely N-dealkylation sites (tertiary alicyclic amines) is 1. The third kappa shape index (κ3) is 3.77. The second-order valence-electron chi connectivity index (χ2n) is 5.29. The van der Waals surface area contributed by atoms with Crippen LogP contribution in [0.15, 0.2) is 21.5 Å². The van der Waals surface area contributed by atoms with E-state index in [0.717, 1.165) is 12.8 Å². The Bertz CT molecular complexity index is 670. The van der Waals surface area contributed by atoms with Crippen LogP contribution in [0.4, 0.5) is 0 Å². The molecule has 2 rings (SSSR count). The first-order valence-corrected chi connectivity index (χ1v) is 9.23. The summed E-state index contributed by atoms with van der Waals surface area (Å²) >= 11 is 9.27. The molecular weight excluding hydrogens is 380 g/mol. The Morgan fingerprint density at radius 3 is 2.48 bits per heavy atom. The number of sulfonamides is 1. The molecule has 0 unspecified atom stereocenters. The van der Waals surface area contributed by atoms with Gasteiger partial charge in [0.25, 0.3) is 5.91 Å². The van der Waals surface area contributed by atoms with Gasteiger partial charge in [0.05, 0.1) is 10.6 Å². The monoisotopic (exact) mass is 394 g/mol. The first-order chi connectivity index (χ1) is 9.70. The Morgan fingerprint density at radius 2 is 1.95 bits per heavy atom. The van der Waals surface area contributed by atoms with Crippen LogP contribution in [0.3, 0.4) is 0 Å². The quantitative estimate of drug-likeness (QED) is 0.836. The highest BCUT2D eigenvalue weighted by Crippen LogP contribution is 2.30. The molecular formula is C13H16BrClN2O3S. The van der Waals surface area contributed by atoms with Crippen LogP contribution in [-0.2, 0) is 10.0 Å². The molecule has 0 atom stereocenters. The number of nitrogens with two attached hydrogens (primary N) is 1. The van der Waals surface area contributed by atoms with Gasteiger partial charge in [-0.25, -0.2) is 13.6 Å².